The van der Waals surface area contributed by atoms with Crippen molar-refractivity contribution in [3.8, 4) is 11.4 Å². The first-order chi connectivity index (χ1) is 14.5. The summed E-state index contributed by atoms with van der Waals surface area (Å²) in [4.78, 5) is 21.4. The lowest BCUT2D eigenvalue weighted by Gasteiger charge is -2.37. The number of hydrogen-bond acceptors (Lipinski definition) is 5. The van der Waals surface area contributed by atoms with Gasteiger partial charge in [0.1, 0.15) is 11.9 Å². The number of rotatable bonds is 5. The van der Waals surface area contributed by atoms with E-state index in [2.05, 4.69) is 15.0 Å². The van der Waals surface area contributed by atoms with Crippen LogP contribution in [0.4, 0.5) is 4.39 Å². The Labute approximate surface area is 175 Å². The van der Waals surface area contributed by atoms with E-state index in [4.69, 9.17) is 4.52 Å². The summed E-state index contributed by atoms with van der Waals surface area (Å²) in [6, 6.07) is 15.6. The SMILES string of the molecule is CN(C)C(=O)C(c1ccccc1)N1CCCC(c2nc(-c3cccc(F)c3)no2)C1. The van der Waals surface area contributed by atoms with Crippen LogP contribution in [0.2, 0.25) is 0 Å². The van der Waals surface area contributed by atoms with Gasteiger partial charge in [-0.1, -0.05) is 47.6 Å². The summed E-state index contributed by atoms with van der Waals surface area (Å²) in [5.74, 6) is 0.645. The van der Waals surface area contributed by atoms with Crippen molar-refractivity contribution >= 4 is 5.91 Å². The maximum absolute atomic E-state index is 13.5. The van der Waals surface area contributed by atoms with Crippen LogP contribution in [0.25, 0.3) is 11.4 Å². The van der Waals surface area contributed by atoms with Gasteiger partial charge in [-0.3, -0.25) is 9.69 Å². The van der Waals surface area contributed by atoms with Crippen LogP contribution in [0, 0.1) is 5.82 Å². The number of halogens is 1. The highest BCUT2D eigenvalue weighted by Crippen LogP contribution is 2.33. The minimum atomic E-state index is -0.352. The van der Waals surface area contributed by atoms with E-state index in [1.807, 2.05) is 30.3 Å². The molecule has 4 rings (SSSR count). The molecule has 1 aliphatic rings. The van der Waals surface area contributed by atoms with Crippen molar-refractivity contribution in [2.75, 3.05) is 27.2 Å². The van der Waals surface area contributed by atoms with E-state index in [-0.39, 0.29) is 23.7 Å². The minimum Gasteiger partial charge on any atom is -0.347 e. The monoisotopic (exact) mass is 408 g/mol. The van der Waals surface area contributed by atoms with E-state index in [0.29, 0.717) is 23.8 Å². The third kappa shape index (κ3) is 4.26. The Morgan fingerprint density at radius 2 is 2.00 bits per heavy atom. The summed E-state index contributed by atoms with van der Waals surface area (Å²) in [7, 11) is 3.56. The first kappa shape index (κ1) is 20.2. The quantitative estimate of drug-likeness (QED) is 0.641. The summed E-state index contributed by atoms with van der Waals surface area (Å²) in [6.45, 7) is 1.46. The maximum Gasteiger partial charge on any atom is 0.244 e. The van der Waals surface area contributed by atoms with Crippen molar-refractivity contribution in [3.63, 3.8) is 0 Å². The Morgan fingerprint density at radius 1 is 1.20 bits per heavy atom. The average Bonchev–Trinajstić information content (AvgIpc) is 3.25. The highest BCUT2D eigenvalue weighted by molar-refractivity contribution is 5.82. The third-order valence-electron chi connectivity index (χ3n) is 5.48. The summed E-state index contributed by atoms with van der Waals surface area (Å²) in [5.41, 5.74) is 1.56. The molecule has 1 amide bonds. The standard InChI is InChI=1S/C23H25FN4O2/c1-27(2)23(29)20(16-8-4-3-5-9-16)28-13-7-11-18(15-28)22-25-21(26-30-22)17-10-6-12-19(24)14-17/h3-6,8-10,12,14,18,20H,7,11,13,15H2,1-2H3. The lowest BCUT2D eigenvalue weighted by atomic mass is 9.94. The zero-order valence-corrected chi connectivity index (χ0v) is 17.2. The molecule has 156 valence electrons. The largest absolute Gasteiger partial charge is 0.347 e. The molecule has 3 aromatic rings. The molecule has 2 unspecified atom stereocenters. The van der Waals surface area contributed by atoms with Crippen molar-refractivity contribution in [1.82, 2.24) is 19.9 Å². The van der Waals surface area contributed by atoms with Gasteiger partial charge in [0.25, 0.3) is 0 Å². The fourth-order valence-corrected chi connectivity index (χ4v) is 3.98. The third-order valence-corrected chi connectivity index (χ3v) is 5.48. The topological polar surface area (TPSA) is 62.5 Å². The van der Waals surface area contributed by atoms with Crippen molar-refractivity contribution in [2.24, 2.45) is 0 Å². The van der Waals surface area contributed by atoms with Gasteiger partial charge < -0.3 is 9.42 Å². The van der Waals surface area contributed by atoms with Gasteiger partial charge in [-0.15, -0.1) is 0 Å². The van der Waals surface area contributed by atoms with Crippen LogP contribution >= 0.6 is 0 Å². The molecule has 30 heavy (non-hydrogen) atoms. The molecule has 0 radical (unpaired) electrons. The number of carbonyl (C=O) groups excluding carboxylic acids is 1. The van der Waals surface area contributed by atoms with Gasteiger partial charge in [0.2, 0.25) is 17.6 Å². The molecule has 7 heteroatoms. The number of hydrogen-bond donors (Lipinski definition) is 0. The molecular weight excluding hydrogens is 383 g/mol. The van der Waals surface area contributed by atoms with E-state index < -0.39 is 0 Å². The second-order valence-electron chi connectivity index (χ2n) is 7.85. The lowest BCUT2D eigenvalue weighted by molar-refractivity contribution is -0.135. The van der Waals surface area contributed by atoms with Crippen LogP contribution in [0.5, 0.6) is 0 Å². The summed E-state index contributed by atoms with van der Waals surface area (Å²) < 4.78 is 19.1. The minimum absolute atomic E-state index is 0.0229. The normalized spacial score (nSPS) is 18.2. The molecule has 1 saturated heterocycles. The molecule has 1 aliphatic heterocycles. The van der Waals surface area contributed by atoms with Crippen LogP contribution in [-0.4, -0.2) is 53.0 Å². The maximum atomic E-state index is 13.5. The lowest BCUT2D eigenvalue weighted by Crippen LogP contribution is -2.44. The van der Waals surface area contributed by atoms with Crippen LogP contribution < -0.4 is 0 Å². The number of piperidine rings is 1. The van der Waals surface area contributed by atoms with Crippen LogP contribution in [0.1, 0.15) is 36.3 Å². The Bertz CT molecular complexity index is 1010. The fraction of sp³-hybridized carbons (Fsp3) is 0.348. The van der Waals surface area contributed by atoms with Crippen molar-refractivity contribution < 1.29 is 13.7 Å². The summed E-state index contributed by atoms with van der Waals surface area (Å²) in [6.07, 6.45) is 1.82. The number of aromatic nitrogens is 2. The van der Waals surface area contributed by atoms with Crippen molar-refractivity contribution in [2.45, 2.75) is 24.8 Å². The van der Waals surface area contributed by atoms with Gasteiger partial charge >= 0.3 is 0 Å². The molecule has 0 spiro atoms. The number of carbonyl (C=O) groups is 1. The predicted octanol–water partition coefficient (Wildman–Crippen LogP) is 3.88. The average molecular weight is 408 g/mol. The molecule has 0 N–H and O–H groups in total. The fourth-order valence-electron chi connectivity index (χ4n) is 3.98. The second-order valence-corrected chi connectivity index (χ2v) is 7.85. The van der Waals surface area contributed by atoms with Gasteiger partial charge in [0.05, 0.1) is 5.92 Å². The number of likely N-dealkylation sites (N-methyl/N-ethyl adjacent to an activating group) is 1. The molecule has 0 bridgehead atoms. The number of nitrogens with zero attached hydrogens (tertiary/aromatic N) is 4. The van der Waals surface area contributed by atoms with Crippen molar-refractivity contribution in [3.05, 3.63) is 71.9 Å². The van der Waals surface area contributed by atoms with Gasteiger partial charge in [0.15, 0.2) is 0 Å². The first-order valence-electron chi connectivity index (χ1n) is 10.1. The molecule has 1 fully saturated rings. The predicted molar refractivity (Wildman–Crippen MR) is 111 cm³/mol. The number of likely N-dealkylation sites (tertiary alicyclic amines) is 1. The highest BCUT2D eigenvalue weighted by Gasteiger charge is 2.34. The number of benzene rings is 2. The smallest absolute Gasteiger partial charge is 0.244 e. The van der Waals surface area contributed by atoms with E-state index in [1.54, 1.807) is 31.1 Å². The van der Waals surface area contributed by atoms with Gasteiger partial charge in [-0.05, 0) is 37.1 Å². The summed E-state index contributed by atoms with van der Waals surface area (Å²) in [5, 5.41) is 4.05. The molecule has 2 heterocycles. The Morgan fingerprint density at radius 3 is 2.73 bits per heavy atom. The Balaban J connectivity index is 1.57. The van der Waals surface area contributed by atoms with Gasteiger partial charge in [-0.25, -0.2) is 4.39 Å². The zero-order valence-electron chi connectivity index (χ0n) is 17.2. The molecular formula is C23H25FN4O2. The first-order valence-corrected chi connectivity index (χ1v) is 10.1. The highest BCUT2D eigenvalue weighted by atomic mass is 19.1. The van der Waals surface area contributed by atoms with Gasteiger partial charge in [-0.2, -0.15) is 4.98 Å². The molecule has 2 atom stereocenters. The molecule has 1 aromatic heterocycles. The van der Waals surface area contributed by atoms with Gasteiger partial charge in [0, 0.05) is 26.2 Å². The zero-order chi connectivity index (χ0) is 21.1. The van der Waals surface area contributed by atoms with E-state index >= 15 is 0 Å². The molecule has 6 nitrogen and oxygen atoms in total. The van der Waals surface area contributed by atoms with E-state index in [0.717, 1.165) is 24.9 Å². The Hall–Kier alpha value is -3.06. The summed E-state index contributed by atoms with van der Waals surface area (Å²) >= 11 is 0. The molecule has 2 aromatic carbocycles. The van der Waals surface area contributed by atoms with Crippen LogP contribution in [0.15, 0.2) is 59.1 Å². The number of amides is 1. The van der Waals surface area contributed by atoms with E-state index in [1.165, 1.54) is 12.1 Å². The Kier molecular flexibility index (Phi) is 5.90. The molecule has 0 saturated carbocycles. The van der Waals surface area contributed by atoms with Crippen LogP contribution in [-0.2, 0) is 4.79 Å². The molecule has 0 aliphatic carbocycles. The van der Waals surface area contributed by atoms with Crippen molar-refractivity contribution in [1.29, 1.82) is 0 Å². The second kappa shape index (κ2) is 8.75. The van der Waals surface area contributed by atoms with E-state index in [9.17, 15) is 9.18 Å². The van der Waals surface area contributed by atoms with Crippen LogP contribution in [0.3, 0.4) is 0 Å².